The van der Waals surface area contributed by atoms with Gasteiger partial charge in [0.2, 0.25) is 0 Å². The molecule has 2 saturated heterocycles. The van der Waals surface area contributed by atoms with E-state index in [4.69, 9.17) is 4.74 Å². The molecule has 0 spiro atoms. The predicted molar refractivity (Wildman–Crippen MR) is 109 cm³/mol. The third-order valence-electron chi connectivity index (χ3n) is 6.07. The normalized spacial score (nSPS) is 22.9. The fraction of sp³-hybridized carbons (Fsp3) is 0.682. The summed E-state index contributed by atoms with van der Waals surface area (Å²) in [4.78, 5) is 17.5. The van der Waals surface area contributed by atoms with Gasteiger partial charge in [0.05, 0.1) is 6.61 Å². The highest BCUT2D eigenvalue weighted by molar-refractivity contribution is 5.74. The van der Waals surface area contributed by atoms with Gasteiger partial charge in [0.25, 0.3) is 0 Å². The second-order valence-corrected chi connectivity index (χ2v) is 7.91. The van der Waals surface area contributed by atoms with Crippen molar-refractivity contribution < 1.29 is 9.53 Å². The van der Waals surface area contributed by atoms with E-state index < -0.39 is 0 Å². The maximum Gasteiger partial charge on any atom is 0.317 e. The number of fused-ring (bicyclic) bond motifs is 1. The van der Waals surface area contributed by atoms with Crippen LogP contribution in [0.15, 0.2) is 30.3 Å². The Kier molecular flexibility index (Phi) is 7.96. The van der Waals surface area contributed by atoms with Crippen molar-refractivity contribution in [3.05, 3.63) is 35.9 Å². The molecular formula is C22H35N3O2. The Morgan fingerprint density at radius 3 is 2.81 bits per heavy atom. The first-order chi connectivity index (χ1) is 13.3. The van der Waals surface area contributed by atoms with E-state index in [0.717, 1.165) is 13.0 Å². The lowest BCUT2D eigenvalue weighted by Gasteiger charge is -2.45. The van der Waals surface area contributed by atoms with Crippen molar-refractivity contribution in [1.82, 2.24) is 15.1 Å². The summed E-state index contributed by atoms with van der Waals surface area (Å²) in [6.07, 6.45) is 7.31. The van der Waals surface area contributed by atoms with Gasteiger partial charge >= 0.3 is 6.03 Å². The lowest BCUT2D eigenvalue weighted by molar-refractivity contribution is 0.0421. The fourth-order valence-corrected chi connectivity index (χ4v) is 4.62. The van der Waals surface area contributed by atoms with E-state index in [2.05, 4.69) is 22.3 Å². The molecular weight excluding hydrogens is 338 g/mol. The molecule has 2 aliphatic rings. The average Bonchev–Trinajstić information content (AvgIpc) is 2.72. The van der Waals surface area contributed by atoms with E-state index in [1.807, 2.05) is 23.1 Å². The molecule has 0 bridgehead atoms. The highest BCUT2D eigenvalue weighted by Gasteiger charge is 2.34. The molecule has 1 aromatic carbocycles. The Hall–Kier alpha value is -1.59. The quantitative estimate of drug-likeness (QED) is 0.761. The molecule has 0 saturated carbocycles. The molecule has 0 radical (unpaired) electrons. The van der Waals surface area contributed by atoms with Crippen molar-refractivity contribution in [2.24, 2.45) is 5.92 Å². The fourth-order valence-electron chi connectivity index (χ4n) is 4.62. The summed E-state index contributed by atoms with van der Waals surface area (Å²) in [7, 11) is 1.70. The van der Waals surface area contributed by atoms with Crippen LogP contribution in [0, 0.1) is 5.92 Å². The van der Waals surface area contributed by atoms with E-state index in [1.54, 1.807) is 7.11 Å². The summed E-state index contributed by atoms with van der Waals surface area (Å²) in [6.45, 7) is 5.25. The van der Waals surface area contributed by atoms with Crippen LogP contribution in [0.5, 0.6) is 0 Å². The first kappa shape index (κ1) is 20.2. The number of amides is 2. The number of carbonyl (C=O) groups excluding carboxylic acids is 1. The zero-order valence-electron chi connectivity index (χ0n) is 16.7. The smallest absolute Gasteiger partial charge is 0.317 e. The minimum Gasteiger partial charge on any atom is -0.383 e. The van der Waals surface area contributed by atoms with E-state index in [-0.39, 0.29) is 6.03 Å². The minimum atomic E-state index is 0.0518. The van der Waals surface area contributed by atoms with Crippen LogP contribution < -0.4 is 5.32 Å². The van der Waals surface area contributed by atoms with Gasteiger partial charge in [0.15, 0.2) is 0 Å². The Morgan fingerprint density at radius 2 is 2.00 bits per heavy atom. The van der Waals surface area contributed by atoms with E-state index >= 15 is 0 Å². The number of carbonyl (C=O) groups is 1. The summed E-state index contributed by atoms with van der Waals surface area (Å²) in [5.74, 6) is 0.593. The second kappa shape index (κ2) is 10.7. The van der Waals surface area contributed by atoms with Crippen LogP contribution in [0.2, 0.25) is 0 Å². The van der Waals surface area contributed by atoms with Gasteiger partial charge in [-0.2, -0.15) is 0 Å². The highest BCUT2D eigenvalue weighted by Crippen LogP contribution is 2.31. The molecule has 0 aromatic heterocycles. The van der Waals surface area contributed by atoms with Crippen LogP contribution in [0.25, 0.3) is 0 Å². The topological polar surface area (TPSA) is 44.8 Å². The molecule has 150 valence electrons. The number of nitrogens with one attached hydrogen (secondary N) is 1. The van der Waals surface area contributed by atoms with Crippen LogP contribution in [0.1, 0.15) is 37.7 Å². The molecule has 2 fully saturated rings. The molecule has 2 unspecified atom stereocenters. The van der Waals surface area contributed by atoms with Crippen LogP contribution in [-0.2, 0) is 11.2 Å². The number of hydrogen-bond donors (Lipinski definition) is 1. The largest absolute Gasteiger partial charge is 0.383 e. The SMILES string of the molecule is COCCN(CC1CCCN2CCCCC12)C(=O)NCCc1ccccc1. The van der Waals surface area contributed by atoms with Crippen molar-refractivity contribution in [3.63, 3.8) is 0 Å². The molecule has 2 amide bonds. The number of rotatable bonds is 8. The van der Waals surface area contributed by atoms with Gasteiger partial charge in [-0.15, -0.1) is 0 Å². The number of nitrogens with zero attached hydrogens (tertiary/aromatic N) is 2. The summed E-state index contributed by atoms with van der Waals surface area (Å²) in [5.41, 5.74) is 1.26. The van der Waals surface area contributed by atoms with Crippen molar-refractivity contribution in [2.45, 2.75) is 44.6 Å². The maximum absolute atomic E-state index is 12.8. The van der Waals surface area contributed by atoms with Gasteiger partial charge in [0.1, 0.15) is 0 Å². The molecule has 2 atom stereocenters. The second-order valence-electron chi connectivity index (χ2n) is 7.91. The van der Waals surface area contributed by atoms with Gasteiger partial charge in [-0.05, 0) is 56.7 Å². The van der Waals surface area contributed by atoms with Gasteiger partial charge in [-0.1, -0.05) is 36.8 Å². The van der Waals surface area contributed by atoms with Crippen molar-refractivity contribution in [1.29, 1.82) is 0 Å². The molecule has 1 aromatic rings. The molecule has 0 aliphatic carbocycles. The first-order valence-electron chi connectivity index (χ1n) is 10.6. The lowest BCUT2D eigenvalue weighted by Crippen LogP contribution is -2.53. The summed E-state index contributed by atoms with van der Waals surface area (Å²) >= 11 is 0. The summed E-state index contributed by atoms with van der Waals surface area (Å²) < 4.78 is 5.26. The minimum absolute atomic E-state index is 0.0518. The zero-order valence-corrected chi connectivity index (χ0v) is 16.7. The molecule has 27 heavy (non-hydrogen) atoms. The van der Waals surface area contributed by atoms with Crippen molar-refractivity contribution in [3.8, 4) is 0 Å². The molecule has 1 N–H and O–H groups in total. The highest BCUT2D eigenvalue weighted by atomic mass is 16.5. The maximum atomic E-state index is 12.8. The molecule has 5 heteroatoms. The van der Waals surface area contributed by atoms with Crippen molar-refractivity contribution in [2.75, 3.05) is 46.4 Å². The number of methoxy groups -OCH3 is 1. The number of ether oxygens (including phenoxy) is 1. The van der Waals surface area contributed by atoms with Gasteiger partial charge < -0.3 is 19.9 Å². The Labute approximate surface area is 164 Å². The lowest BCUT2D eigenvalue weighted by atomic mass is 9.83. The standard InChI is InChI=1S/C22H35N3O2/c1-27-17-16-25(22(26)23-13-12-19-8-3-2-4-9-19)18-20-10-7-15-24-14-6-5-11-21(20)24/h2-4,8-9,20-21H,5-7,10-18H2,1H3,(H,23,26). The Bertz CT molecular complexity index is 564. The van der Waals surface area contributed by atoms with Crippen LogP contribution in [0.3, 0.4) is 0 Å². The van der Waals surface area contributed by atoms with Crippen LogP contribution >= 0.6 is 0 Å². The van der Waals surface area contributed by atoms with E-state index in [9.17, 15) is 4.79 Å². The molecule has 2 aliphatic heterocycles. The Morgan fingerprint density at radius 1 is 1.19 bits per heavy atom. The van der Waals surface area contributed by atoms with Gasteiger partial charge in [0, 0.05) is 32.8 Å². The number of urea groups is 1. The van der Waals surface area contributed by atoms with Gasteiger partial charge in [-0.3, -0.25) is 0 Å². The van der Waals surface area contributed by atoms with Gasteiger partial charge in [-0.25, -0.2) is 4.79 Å². The molecule has 2 heterocycles. The average molecular weight is 374 g/mol. The predicted octanol–water partition coefficient (Wildman–Crippen LogP) is 3.15. The number of piperidine rings is 2. The van der Waals surface area contributed by atoms with Crippen molar-refractivity contribution >= 4 is 6.03 Å². The third-order valence-corrected chi connectivity index (χ3v) is 6.07. The Balaban J connectivity index is 1.53. The zero-order chi connectivity index (χ0) is 18.9. The van der Waals surface area contributed by atoms with E-state index in [0.29, 0.717) is 31.7 Å². The number of hydrogen-bond acceptors (Lipinski definition) is 3. The molecule has 5 nitrogen and oxygen atoms in total. The third kappa shape index (κ3) is 5.94. The van der Waals surface area contributed by atoms with Crippen LogP contribution in [0.4, 0.5) is 4.79 Å². The van der Waals surface area contributed by atoms with Crippen LogP contribution in [-0.4, -0.2) is 68.3 Å². The first-order valence-corrected chi connectivity index (χ1v) is 10.6. The number of benzene rings is 1. The summed E-state index contributed by atoms with van der Waals surface area (Å²) in [5, 5.41) is 3.12. The molecule has 3 rings (SSSR count). The van der Waals surface area contributed by atoms with E-state index in [1.165, 1.54) is 50.8 Å². The summed E-state index contributed by atoms with van der Waals surface area (Å²) in [6, 6.07) is 11.0. The monoisotopic (exact) mass is 373 g/mol.